The Kier molecular flexibility index (Phi) is 3.28. The summed E-state index contributed by atoms with van der Waals surface area (Å²) >= 11 is 0. The monoisotopic (exact) mass is 313 g/mol. The molecule has 7 nitrogen and oxygen atoms in total. The number of aliphatic carboxylic acids is 1. The largest absolute Gasteiger partial charge is 0.481 e. The molecule has 0 radical (unpaired) electrons. The van der Waals surface area contributed by atoms with Crippen LogP contribution in [0.2, 0.25) is 0 Å². The molecule has 120 valence electrons. The van der Waals surface area contributed by atoms with Crippen molar-refractivity contribution in [1.29, 1.82) is 0 Å². The van der Waals surface area contributed by atoms with E-state index in [0.717, 1.165) is 43.3 Å². The van der Waals surface area contributed by atoms with Gasteiger partial charge in [-0.1, -0.05) is 0 Å². The van der Waals surface area contributed by atoms with Gasteiger partial charge >= 0.3 is 5.97 Å². The Balaban J connectivity index is 1.53. The Morgan fingerprint density at radius 2 is 1.96 bits per heavy atom. The number of carboxylic acid groups (broad SMARTS) is 1. The topological polar surface area (TPSA) is 84.1 Å². The van der Waals surface area contributed by atoms with E-state index in [1.54, 1.807) is 17.1 Å². The molecule has 2 aliphatic rings. The number of rotatable bonds is 3. The van der Waals surface area contributed by atoms with Crippen LogP contribution in [0.25, 0.3) is 11.4 Å². The van der Waals surface area contributed by atoms with Gasteiger partial charge in [0, 0.05) is 32.5 Å². The van der Waals surface area contributed by atoms with Crippen molar-refractivity contribution in [2.75, 3.05) is 18.0 Å². The average Bonchev–Trinajstić information content (AvgIpc) is 3.20. The Morgan fingerprint density at radius 1 is 1.22 bits per heavy atom. The van der Waals surface area contributed by atoms with Crippen LogP contribution in [0.1, 0.15) is 12.8 Å². The quantitative estimate of drug-likeness (QED) is 0.922. The Hall–Kier alpha value is -2.44. The van der Waals surface area contributed by atoms with Crippen LogP contribution < -0.4 is 4.90 Å². The van der Waals surface area contributed by atoms with Gasteiger partial charge in [-0.2, -0.15) is 5.10 Å². The van der Waals surface area contributed by atoms with Crippen LogP contribution in [0.15, 0.2) is 24.5 Å². The first-order valence-corrected chi connectivity index (χ1v) is 7.91. The summed E-state index contributed by atoms with van der Waals surface area (Å²) in [6.45, 7) is 1.70. The Labute approximate surface area is 134 Å². The molecule has 2 aromatic heterocycles. The van der Waals surface area contributed by atoms with Gasteiger partial charge in [-0.05, 0) is 36.8 Å². The Bertz CT molecular complexity index is 730. The van der Waals surface area contributed by atoms with E-state index >= 15 is 0 Å². The summed E-state index contributed by atoms with van der Waals surface area (Å²) in [4.78, 5) is 22.4. The fourth-order valence-corrected chi connectivity index (χ4v) is 3.93. The van der Waals surface area contributed by atoms with E-state index in [-0.39, 0.29) is 5.92 Å². The molecule has 0 amide bonds. The van der Waals surface area contributed by atoms with Crippen molar-refractivity contribution >= 4 is 11.9 Å². The maximum Gasteiger partial charge on any atom is 0.306 e. The first-order chi connectivity index (χ1) is 11.1. The summed E-state index contributed by atoms with van der Waals surface area (Å²) in [6.07, 6.45) is 5.08. The predicted molar refractivity (Wildman–Crippen MR) is 83.8 cm³/mol. The molecule has 0 aromatic carbocycles. The third kappa shape index (κ3) is 2.46. The average molecular weight is 313 g/mol. The van der Waals surface area contributed by atoms with Gasteiger partial charge in [0.2, 0.25) is 5.95 Å². The molecular weight excluding hydrogens is 294 g/mol. The molecule has 3 heterocycles. The maximum absolute atomic E-state index is 11.1. The number of hydrogen-bond acceptors (Lipinski definition) is 5. The van der Waals surface area contributed by atoms with Crippen molar-refractivity contribution in [3.8, 4) is 11.4 Å². The second kappa shape index (κ2) is 5.33. The molecular formula is C16H19N5O2. The zero-order valence-corrected chi connectivity index (χ0v) is 13.0. The van der Waals surface area contributed by atoms with E-state index in [2.05, 4.69) is 20.0 Å². The first kappa shape index (κ1) is 14.2. The summed E-state index contributed by atoms with van der Waals surface area (Å²) in [6, 6.07) is 3.82. The highest BCUT2D eigenvalue weighted by Gasteiger charge is 2.43. The summed E-state index contributed by atoms with van der Waals surface area (Å²) in [5.74, 6) is 0.791. The molecule has 1 saturated heterocycles. The summed E-state index contributed by atoms with van der Waals surface area (Å²) < 4.78 is 1.79. The zero-order valence-electron chi connectivity index (χ0n) is 13.0. The van der Waals surface area contributed by atoms with Gasteiger partial charge in [0.05, 0.1) is 17.3 Å². The molecule has 1 aliphatic heterocycles. The number of hydrogen-bond donors (Lipinski definition) is 1. The van der Waals surface area contributed by atoms with Gasteiger partial charge in [0.25, 0.3) is 0 Å². The number of nitrogens with zero attached hydrogens (tertiary/aromatic N) is 5. The van der Waals surface area contributed by atoms with Crippen molar-refractivity contribution in [1.82, 2.24) is 19.7 Å². The lowest BCUT2D eigenvalue weighted by atomic mass is 10.0. The van der Waals surface area contributed by atoms with Crippen molar-refractivity contribution in [2.24, 2.45) is 24.8 Å². The maximum atomic E-state index is 11.1. The molecule has 0 bridgehead atoms. The molecule has 1 unspecified atom stereocenters. The van der Waals surface area contributed by atoms with E-state index in [9.17, 15) is 9.90 Å². The molecule has 4 rings (SSSR count). The smallest absolute Gasteiger partial charge is 0.306 e. The number of carbonyl (C=O) groups is 1. The number of fused-ring (bicyclic) bond motifs is 1. The Morgan fingerprint density at radius 3 is 2.57 bits per heavy atom. The van der Waals surface area contributed by atoms with E-state index in [4.69, 9.17) is 0 Å². The molecule has 7 heteroatoms. The summed E-state index contributed by atoms with van der Waals surface area (Å²) in [5.41, 5.74) is 1.81. The van der Waals surface area contributed by atoms with Gasteiger partial charge in [0.1, 0.15) is 0 Å². The minimum absolute atomic E-state index is 0.172. The van der Waals surface area contributed by atoms with Gasteiger partial charge in [-0.3, -0.25) is 9.48 Å². The SMILES string of the molecule is Cn1nccc1-c1ccnc(N2C[C@H]3CC(C(=O)O)C[C@H]3C2)n1. The van der Waals surface area contributed by atoms with E-state index < -0.39 is 5.97 Å². The molecule has 1 saturated carbocycles. The van der Waals surface area contributed by atoms with Crippen molar-refractivity contribution in [2.45, 2.75) is 12.8 Å². The lowest BCUT2D eigenvalue weighted by Gasteiger charge is -2.18. The third-order valence-corrected chi connectivity index (χ3v) is 5.11. The lowest BCUT2D eigenvalue weighted by Crippen LogP contribution is -2.25. The standard InChI is InChI=1S/C16H19N5O2/c1-20-14(3-5-18-20)13-2-4-17-16(19-13)21-8-11-6-10(15(22)23)7-12(11)9-21/h2-5,10-12H,6-9H2,1H3,(H,22,23)/t10?,11-,12+. The molecule has 2 aromatic rings. The van der Waals surface area contributed by atoms with Crippen LogP contribution in [0, 0.1) is 17.8 Å². The molecule has 2 fully saturated rings. The van der Waals surface area contributed by atoms with Crippen LogP contribution in [-0.2, 0) is 11.8 Å². The van der Waals surface area contributed by atoms with Crippen LogP contribution in [0.5, 0.6) is 0 Å². The third-order valence-electron chi connectivity index (χ3n) is 5.11. The van der Waals surface area contributed by atoms with E-state index in [1.807, 2.05) is 19.2 Å². The van der Waals surface area contributed by atoms with Crippen LogP contribution in [-0.4, -0.2) is 43.9 Å². The zero-order chi connectivity index (χ0) is 16.0. The summed E-state index contributed by atoms with van der Waals surface area (Å²) in [5, 5.41) is 13.4. The second-order valence-corrected chi connectivity index (χ2v) is 6.51. The molecule has 0 spiro atoms. The van der Waals surface area contributed by atoms with Crippen LogP contribution in [0.4, 0.5) is 5.95 Å². The fourth-order valence-electron chi connectivity index (χ4n) is 3.93. The number of anilines is 1. The highest BCUT2D eigenvalue weighted by atomic mass is 16.4. The summed E-state index contributed by atoms with van der Waals surface area (Å²) in [7, 11) is 1.89. The highest BCUT2D eigenvalue weighted by Crippen LogP contribution is 2.42. The lowest BCUT2D eigenvalue weighted by molar-refractivity contribution is -0.141. The van der Waals surface area contributed by atoms with Gasteiger partial charge in [-0.15, -0.1) is 0 Å². The molecule has 3 atom stereocenters. The highest BCUT2D eigenvalue weighted by molar-refractivity contribution is 5.70. The van der Waals surface area contributed by atoms with Crippen molar-refractivity contribution < 1.29 is 9.90 Å². The normalized spacial score (nSPS) is 26.5. The minimum atomic E-state index is -0.652. The molecule has 1 aliphatic carbocycles. The van der Waals surface area contributed by atoms with E-state index in [1.165, 1.54) is 0 Å². The van der Waals surface area contributed by atoms with Crippen LogP contribution in [0.3, 0.4) is 0 Å². The first-order valence-electron chi connectivity index (χ1n) is 7.91. The number of aromatic nitrogens is 4. The fraction of sp³-hybridized carbons (Fsp3) is 0.500. The van der Waals surface area contributed by atoms with Gasteiger partial charge in [-0.25, -0.2) is 9.97 Å². The van der Waals surface area contributed by atoms with E-state index in [0.29, 0.717) is 11.8 Å². The minimum Gasteiger partial charge on any atom is -0.481 e. The second-order valence-electron chi connectivity index (χ2n) is 6.51. The molecule has 23 heavy (non-hydrogen) atoms. The van der Waals surface area contributed by atoms with Crippen molar-refractivity contribution in [3.63, 3.8) is 0 Å². The number of carboxylic acids is 1. The predicted octanol–water partition coefficient (Wildman–Crippen LogP) is 1.42. The molecule has 1 N–H and O–H groups in total. The van der Waals surface area contributed by atoms with Crippen molar-refractivity contribution in [3.05, 3.63) is 24.5 Å². The number of aryl methyl sites for hydroxylation is 1. The van der Waals surface area contributed by atoms with Gasteiger partial charge < -0.3 is 10.0 Å². The van der Waals surface area contributed by atoms with Crippen LogP contribution >= 0.6 is 0 Å². The van der Waals surface area contributed by atoms with Gasteiger partial charge in [0.15, 0.2) is 0 Å².